The zero-order valence-corrected chi connectivity index (χ0v) is 11.6. The lowest BCUT2D eigenvalue weighted by atomic mass is 10.4. The summed E-state index contributed by atoms with van der Waals surface area (Å²) < 4.78 is 6.44. The second kappa shape index (κ2) is 5.15. The van der Waals surface area contributed by atoms with E-state index in [1.807, 2.05) is 0 Å². The second-order valence-electron chi connectivity index (χ2n) is 4.40. The van der Waals surface area contributed by atoms with Crippen LogP contribution in [-0.2, 0) is 13.6 Å². The number of nitrogens with zero attached hydrogens (tertiary/aromatic N) is 6. The molecule has 2 aromatic heterocycles. The van der Waals surface area contributed by atoms with Crippen LogP contribution in [0.3, 0.4) is 0 Å². The predicted molar refractivity (Wildman–Crippen MR) is 70.6 cm³/mol. The highest BCUT2D eigenvalue weighted by molar-refractivity contribution is 5.59. The average molecular weight is 281 g/mol. The van der Waals surface area contributed by atoms with E-state index in [0.717, 1.165) is 0 Å². The second-order valence-corrected chi connectivity index (χ2v) is 4.40. The van der Waals surface area contributed by atoms with Crippen molar-refractivity contribution >= 4 is 17.5 Å². The maximum Gasteiger partial charge on any atom is 0.333 e. The SMILES string of the molecule is Cc1nn(C)c(NCc2nc(N(C)C)no2)c1[N+](=O)[O-]. The summed E-state index contributed by atoms with van der Waals surface area (Å²) in [6.45, 7) is 1.76. The van der Waals surface area contributed by atoms with Gasteiger partial charge in [-0.2, -0.15) is 10.1 Å². The average Bonchev–Trinajstić information content (AvgIpc) is 2.91. The molecule has 0 unspecified atom stereocenters. The highest BCUT2D eigenvalue weighted by atomic mass is 16.6. The third kappa shape index (κ3) is 2.53. The van der Waals surface area contributed by atoms with Crippen molar-refractivity contribution < 1.29 is 9.45 Å². The summed E-state index contributed by atoms with van der Waals surface area (Å²) in [5.41, 5.74) is 0.291. The van der Waals surface area contributed by atoms with E-state index in [4.69, 9.17) is 4.52 Å². The molecule has 2 aromatic rings. The Morgan fingerprint density at radius 2 is 2.20 bits per heavy atom. The number of nitro groups is 1. The van der Waals surface area contributed by atoms with E-state index in [2.05, 4.69) is 20.6 Å². The van der Waals surface area contributed by atoms with Crippen molar-refractivity contribution in [1.29, 1.82) is 0 Å². The van der Waals surface area contributed by atoms with Gasteiger partial charge in [0.2, 0.25) is 11.7 Å². The fourth-order valence-corrected chi connectivity index (χ4v) is 1.72. The van der Waals surface area contributed by atoms with Crippen LogP contribution in [-0.4, -0.2) is 38.9 Å². The Morgan fingerprint density at radius 3 is 2.75 bits per heavy atom. The number of aryl methyl sites for hydroxylation is 2. The normalized spacial score (nSPS) is 10.6. The van der Waals surface area contributed by atoms with E-state index in [9.17, 15) is 10.1 Å². The number of rotatable bonds is 5. The van der Waals surface area contributed by atoms with Crippen LogP contribution < -0.4 is 10.2 Å². The van der Waals surface area contributed by atoms with Gasteiger partial charge in [-0.25, -0.2) is 4.68 Å². The highest BCUT2D eigenvalue weighted by Crippen LogP contribution is 2.27. The molecule has 0 radical (unpaired) electrons. The Labute approximate surface area is 114 Å². The van der Waals surface area contributed by atoms with Gasteiger partial charge in [0, 0.05) is 21.1 Å². The van der Waals surface area contributed by atoms with Gasteiger partial charge in [0.25, 0.3) is 5.95 Å². The van der Waals surface area contributed by atoms with Crippen LogP contribution in [0, 0.1) is 17.0 Å². The van der Waals surface area contributed by atoms with Gasteiger partial charge in [-0.3, -0.25) is 10.1 Å². The van der Waals surface area contributed by atoms with Crippen molar-refractivity contribution in [1.82, 2.24) is 19.9 Å². The third-order valence-corrected chi connectivity index (χ3v) is 2.64. The van der Waals surface area contributed by atoms with Gasteiger partial charge < -0.3 is 14.7 Å². The highest BCUT2D eigenvalue weighted by Gasteiger charge is 2.24. The number of hydrogen-bond donors (Lipinski definition) is 1. The molecular weight excluding hydrogens is 266 g/mol. The number of aromatic nitrogens is 4. The van der Waals surface area contributed by atoms with Crippen LogP contribution in [0.4, 0.5) is 17.5 Å². The van der Waals surface area contributed by atoms with E-state index >= 15 is 0 Å². The van der Waals surface area contributed by atoms with E-state index in [-0.39, 0.29) is 12.2 Å². The summed E-state index contributed by atoms with van der Waals surface area (Å²) in [5, 5.41) is 21.7. The Bertz CT molecular complexity index is 631. The summed E-state index contributed by atoms with van der Waals surface area (Å²) in [6.07, 6.45) is 0. The fraction of sp³-hybridized carbons (Fsp3) is 0.500. The molecule has 2 heterocycles. The standard InChI is InChI=1S/C10H15N7O3/c1-6-8(17(18)19)9(16(4)13-6)11-5-7-12-10(14-20-7)15(2)3/h11H,5H2,1-4H3. The first-order valence-corrected chi connectivity index (χ1v) is 5.82. The molecule has 0 aromatic carbocycles. The van der Waals surface area contributed by atoms with Crippen LogP contribution >= 0.6 is 0 Å². The monoisotopic (exact) mass is 281 g/mol. The molecule has 1 N–H and O–H groups in total. The minimum absolute atomic E-state index is 0.0557. The molecule has 0 aliphatic carbocycles. The molecule has 0 aliphatic heterocycles. The van der Waals surface area contributed by atoms with E-state index < -0.39 is 4.92 Å². The van der Waals surface area contributed by atoms with E-state index in [1.165, 1.54) is 4.68 Å². The van der Waals surface area contributed by atoms with Crippen LogP contribution in [0.2, 0.25) is 0 Å². The van der Waals surface area contributed by atoms with Crippen molar-refractivity contribution in [3.63, 3.8) is 0 Å². The number of hydrogen-bond acceptors (Lipinski definition) is 8. The topological polar surface area (TPSA) is 115 Å². The largest absolute Gasteiger partial charge is 0.355 e. The Hall–Kier alpha value is -2.65. The predicted octanol–water partition coefficient (Wildman–Crippen LogP) is 0.698. The molecule has 10 nitrogen and oxygen atoms in total. The Balaban J connectivity index is 2.16. The first-order chi connectivity index (χ1) is 9.40. The molecule has 0 aliphatic rings. The molecule has 0 spiro atoms. The van der Waals surface area contributed by atoms with Crippen LogP contribution in [0.1, 0.15) is 11.6 Å². The first-order valence-electron chi connectivity index (χ1n) is 5.82. The zero-order chi connectivity index (χ0) is 14.9. The smallest absolute Gasteiger partial charge is 0.333 e. The quantitative estimate of drug-likeness (QED) is 0.629. The van der Waals surface area contributed by atoms with Crippen LogP contribution in [0.15, 0.2) is 4.52 Å². The minimum atomic E-state index is -0.469. The van der Waals surface area contributed by atoms with Crippen LogP contribution in [0.5, 0.6) is 0 Å². The lowest BCUT2D eigenvalue weighted by Crippen LogP contribution is -2.11. The summed E-state index contributed by atoms with van der Waals surface area (Å²) in [6, 6.07) is 0. The van der Waals surface area contributed by atoms with E-state index in [0.29, 0.717) is 23.4 Å². The summed E-state index contributed by atoms with van der Waals surface area (Å²) in [4.78, 5) is 16.4. The van der Waals surface area contributed by atoms with Crippen molar-refractivity contribution in [3.05, 3.63) is 21.7 Å². The van der Waals surface area contributed by atoms with Gasteiger partial charge in [0.1, 0.15) is 5.69 Å². The molecule has 0 saturated carbocycles. The van der Waals surface area contributed by atoms with Gasteiger partial charge in [-0.15, -0.1) is 0 Å². The van der Waals surface area contributed by atoms with Crippen molar-refractivity contribution in [2.24, 2.45) is 7.05 Å². The molecule has 0 atom stereocenters. The fourth-order valence-electron chi connectivity index (χ4n) is 1.72. The van der Waals surface area contributed by atoms with Crippen molar-refractivity contribution in [2.45, 2.75) is 13.5 Å². The summed E-state index contributed by atoms with van der Waals surface area (Å²) in [5.74, 6) is 1.08. The third-order valence-electron chi connectivity index (χ3n) is 2.64. The number of nitrogens with one attached hydrogen (secondary N) is 1. The Kier molecular flexibility index (Phi) is 3.55. The lowest BCUT2D eigenvalue weighted by Gasteiger charge is -2.03. The van der Waals surface area contributed by atoms with Crippen molar-refractivity contribution in [3.8, 4) is 0 Å². The van der Waals surface area contributed by atoms with Crippen molar-refractivity contribution in [2.75, 3.05) is 24.3 Å². The summed E-state index contributed by atoms with van der Waals surface area (Å²) >= 11 is 0. The maximum atomic E-state index is 11.0. The molecular formula is C10H15N7O3. The minimum Gasteiger partial charge on any atom is -0.355 e. The molecule has 0 amide bonds. The summed E-state index contributed by atoms with van der Waals surface area (Å²) in [7, 11) is 5.20. The maximum absolute atomic E-state index is 11.0. The zero-order valence-electron chi connectivity index (χ0n) is 11.6. The molecule has 0 saturated heterocycles. The van der Waals surface area contributed by atoms with Gasteiger partial charge in [-0.1, -0.05) is 0 Å². The van der Waals surface area contributed by atoms with Gasteiger partial charge in [0.05, 0.1) is 11.5 Å². The van der Waals surface area contributed by atoms with Crippen LogP contribution in [0.25, 0.3) is 0 Å². The first kappa shape index (κ1) is 13.8. The molecule has 108 valence electrons. The molecule has 20 heavy (non-hydrogen) atoms. The molecule has 0 bridgehead atoms. The van der Waals surface area contributed by atoms with E-state index in [1.54, 1.807) is 33.0 Å². The Morgan fingerprint density at radius 1 is 1.50 bits per heavy atom. The molecule has 10 heteroatoms. The van der Waals surface area contributed by atoms with Gasteiger partial charge in [0.15, 0.2) is 0 Å². The number of anilines is 2. The van der Waals surface area contributed by atoms with Gasteiger partial charge in [-0.05, 0) is 12.1 Å². The van der Waals surface area contributed by atoms with Gasteiger partial charge >= 0.3 is 5.69 Å². The molecule has 2 rings (SSSR count). The molecule has 0 fully saturated rings. The lowest BCUT2D eigenvalue weighted by molar-refractivity contribution is -0.384.